The summed E-state index contributed by atoms with van der Waals surface area (Å²) in [5, 5.41) is 3.31. The van der Waals surface area contributed by atoms with Gasteiger partial charge in [0.1, 0.15) is 6.61 Å². The van der Waals surface area contributed by atoms with Gasteiger partial charge >= 0.3 is 0 Å². The minimum atomic E-state index is 0.502. The van der Waals surface area contributed by atoms with E-state index in [2.05, 4.69) is 28.2 Å². The van der Waals surface area contributed by atoms with E-state index >= 15 is 0 Å². The molecule has 4 heteroatoms. The first-order valence-corrected chi connectivity index (χ1v) is 7.77. The van der Waals surface area contributed by atoms with E-state index in [1.165, 1.54) is 5.56 Å². The highest BCUT2D eigenvalue weighted by Crippen LogP contribution is 2.29. The fourth-order valence-corrected chi connectivity index (χ4v) is 2.38. The van der Waals surface area contributed by atoms with Crippen LogP contribution in [0.1, 0.15) is 18.1 Å². The number of methoxy groups -OCH3 is 1. The molecule has 2 rings (SSSR count). The number of halogens is 1. The number of rotatable bonds is 7. The highest BCUT2D eigenvalue weighted by molar-refractivity contribution is 9.10. The van der Waals surface area contributed by atoms with E-state index in [1.807, 2.05) is 42.5 Å². The summed E-state index contributed by atoms with van der Waals surface area (Å²) < 4.78 is 12.3. The van der Waals surface area contributed by atoms with Crippen LogP contribution in [-0.2, 0) is 13.2 Å². The molecule has 0 radical (unpaired) electrons. The number of hydrogen-bond acceptors (Lipinski definition) is 3. The summed E-state index contributed by atoms with van der Waals surface area (Å²) in [5.74, 6) is 1.52. The summed E-state index contributed by atoms with van der Waals surface area (Å²) in [6, 6.07) is 14.1. The zero-order chi connectivity index (χ0) is 15.1. The summed E-state index contributed by atoms with van der Waals surface area (Å²) in [6.45, 7) is 4.36. The predicted molar refractivity (Wildman–Crippen MR) is 88.8 cm³/mol. The van der Waals surface area contributed by atoms with Crippen molar-refractivity contribution in [3.05, 3.63) is 58.1 Å². The third-order valence-corrected chi connectivity index (χ3v) is 3.92. The third-order valence-electron chi connectivity index (χ3n) is 3.15. The summed E-state index contributed by atoms with van der Waals surface area (Å²) >= 11 is 3.53. The van der Waals surface area contributed by atoms with E-state index < -0.39 is 0 Å². The molecular formula is C17H20BrNO2. The van der Waals surface area contributed by atoms with E-state index in [1.54, 1.807) is 7.11 Å². The van der Waals surface area contributed by atoms with Gasteiger partial charge < -0.3 is 14.8 Å². The van der Waals surface area contributed by atoms with Gasteiger partial charge in [-0.2, -0.15) is 0 Å². The van der Waals surface area contributed by atoms with Crippen molar-refractivity contribution in [2.45, 2.75) is 20.1 Å². The molecule has 0 saturated heterocycles. The maximum Gasteiger partial charge on any atom is 0.161 e. The topological polar surface area (TPSA) is 30.5 Å². The maximum atomic E-state index is 5.93. The monoisotopic (exact) mass is 349 g/mol. The Morgan fingerprint density at radius 3 is 2.62 bits per heavy atom. The van der Waals surface area contributed by atoms with E-state index in [0.717, 1.165) is 34.6 Å². The van der Waals surface area contributed by atoms with Crippen molar-refractivity contribution in [2.75, 3.05) is 13.7 Å². The lowest BCUT2D eigenvalue weighted by Gasteiger charge is -2.13. The summed E-state index contributed by atoms with van der Waals surface area (Å²) in [6.07, 6.45) is 0. The van der Waals surface area contributed by atoms with E-state index in [4.69, 9.17) is 9.47 Å². The largest absolute Gasteiger partial charge is 0.493 e. The van der Waals surface area contributed by atoms with Crippen LogP contribution >= 0.6 is 15.9 Å². The first-order chi connectivity index (χ1) is 10.2. The summed E-state index contributed by atoms with van der Waals surface area (Å²) in [5.41, 5.74) is 2.29. The molecule has 0 aromatic heterocycles. The van der Waals surface area contributed by atoms with Crippen LogP contribution in [-0.4, -0.2) is 13.7 Å². The number of hydrogen-bond donors (Lipinski definition) is 1. The molecule has 0 heterocycles. The molecule has 0 spiro atoms. The van der Waals surface area contributed by atoms with Gasteiger partial charge in [0.25, 0.3) is 0 Å². The Labute approximate surface area is 134 Å². The molecule has 21 heavy (non-hydrogen) atoms. The van der Waals surface area contributed by atoms with Gasteiger partial charge in [0.15, 0.2) is 11.5 Å². The fourth-order valence-electron chi connectivity index (χ4n) is 1.98. The van der Waals surface area contributed by atoms with Gasteiger partial charge in [0.2, 0.25) is 0 Å². The molecule has 0 amide bonds. The van der Waals surface area contributed by atoms with Crippen molar-refractivity contribution < 1.29 is 9.47 Å². The van der Waals surface area contributed by atoms with Crippen LogP contribution < -0.4 is 14.8 Å². The minimum Gasteiger partial charge on any atom is -0.493 e. The molecule has 0 fully saturated rings. The molecule has 0 aliphatic heterocycles. The van der Waals surface area contributed by atoms with Crippen molar-refractivity contribution >= 4 is 15.9 Å². The van der Waals surface area contributed by atoms with Gasteiger partial charge in [-0.1, -0.05) is 47.1 Å². The van der Waals surface area contributed by atoms with Gasteiger partial charge in [-0.3, -0.25) is 0 Å². The Balaban J connectivity index is 2.12. The lowest BCUT2D eigenvalue weighted by Crippen LogP contribution is -2.11. The Morgan fingerprint density at radius 1 is 1.10 bits per heavy atom. The zero-order valence-corrected chi connectivity index (χ0v) is 13.9. The number of ether oxygens (including phenoxy) is 2. The normalized spacial score (nSPS) is 10.4. The lowest BCUT2D eigenvalue weighted by atomic mass is 10.2. The maximum absolute atomic E-state index is 5.93. The highest BCUT2D eigenvalue weighted by atomic mass is 79.9. The zero-order valence-electron chi connectivity index (χ0n) is 12.4. The van der Waals surface area contributed by atoms with Crippen LogP contribution in [0, 0.1) is 0 Å². The van der Waals surface area contributed by atoms with E-state index in [9.17, 15) is 0 Å². The predicted octanol–water partition coefficient (Wildman–Crippen LogP) is 4.15. The lowest BCUT2D eigenvalue weighted by molar-refractivity contribution is 0.283. The average molecular weight is 350 g/mol. The van der Waals surface area contributed by atoms with Gasteiger partial charge in [-0.05, 0) is 30.3 Å². The second-order valence-electron chi connectivity index (χ2n) is 4.65. The van der Waals surface area contributed by atoms with E-state index in [0.29, 0.717) is 6.61 Å². The second kappa shape index (κ2) is 8.05. The van der Waals surface area contributed by atoms with Gasteiger partial charge in [0.05, 0.1) is 7.11 Å². The van der Waals surface area contributed by atoms with Gasteiger partial charge in [-0.25, -0.2) is 0 Å². The Bertz CT molecular complexity index is 587. The Morgan fingerprint density at radius 2 is 1.90 bits per heavy atom. The van der Waals surface area contributed by atoms with Crippen molar-refractivity contribution in [2.24, 2.45) is 0 Å². The van der Waals surface area contributed by atoms with Gasteiger partial charge in [-0.15, -0.1) is 0 Å². The van der Waals surface area contributed by atoms with Gasteiger partial charge in [0, 0.05) is 16.6 Å². The molecule has 0 aliphatic carbocycles. The van der Waals surface area contributed by atoms with Crippen LogP contribution in [0.25, 0.3) is 0 Å². The smallest absolute Gasteiger partial charge is 0.161 e. The molecule has 0 bridgehead atoms. The molecule has 0 saturated carbocycles. The van der Waals surface area contributed by atoms with Crippen molar-refractivity contribution in [3.63, 3.8) is 0 Å². The standard InChI is InChI=1S/C17H20BrNO2/c1-3-19-11-13-8-9-16(20-2)17(10-13)21-12-14-6-4-5-7-15(14)18/h4-10,19H,3,11-12H2,1-2H3. The first-order valence-electron chi connectivity index (χ1n) is 6.98. The third kappa shape index (κ3) is 4.48. The van der Waals surface area contributed by atoms with Crippen LogP contribution in [0.4, 0.5) is 0 Å². The average Bonchev–Trinajstić information content (AvgIpc) is 2.52. The molecule has 112 valence electrons. The number of nitrogens with one attached hydrogen (secondary N) is 1. The molecule has 0 unspecified atom stereocenters. The molecule has 3 nitrogen and oxygen atoms in total. The quantitative estimate of drug-likeness (QED) is 0.814. The minimum absolute atomic E-state index is 0.502. The van der Waals surface area contributed by atoms with Crippen LogP contribution in [0.3, 0.4) is 0 Å². The molecule has 0 aliphatic rings. The molecule has 1 N–H and O–H groups in total. The highest BCUT2D eigenvalue weighted by Gasteiger charge is 2.07. The van der Waals surface area contributed by atoms with Crippen molar-refractivity contribution in [3.8, 4) is 11.5 Å². The van der Waals surface area contributed by atoms with E-state index in [-0.39, 0.29) is 0 Å². The summed E-state index contributed by atoms with van der Waals surface area (Å²) in [4.78, 5) is 0. The van der Waals surface area contributed by atoms with Crippen molar-refractivity contribution in [1.82, 2.24) is 5.32 Å². The molecular weight excluding hydrogens is 330 g/mol. The van der Waals surface area contributed by atoms with Crippen molar-refractivity contribution in [1.29, 1.82) is 0 Å². The second-order valence-corrected chi connectivity index (χ2v) is 5.50. The fraction of sp³-hybridized carbons (Fsp3) is 0.294. The van der Waals surface area contributed by atoms with Crippen LogP contribution in [0.5, 0.6) is 11.5 Å². The first kappa shape index (κ1) is 15.9. The summed E-state index contributed by atoms with van der Waals surface area (Å²) in [7, 11) is 1.66. The van der Waals surface area contributed by atoms with Crippen LogP contribution in [0.15, 0.2) is 46.9 Å². The SMILES string of the molecule is CCNCc1ccc(OC)c(OCc2ccccc2Br)c1. The molecule has 2 aromatic carbocycles. The molecule has 2 aromatic rings. The Kier molecular flexibility index (Phi) is 6.08. The molecule has 0 atom stereocenters. The number of benzene rings is 2. The Hall–Kier alpha value is -1.52. The van der Waals surface area contributed by atoms with Crippen LogP contribution in [0.2, 0.25) is 0 Å².